The number of nitrogens with zero attached hydrogens (tertiary/aromatic N) is 2. The molecule has 32 heavy (non-hydrogen) atoms. The number of carbonyl (C=O) groups excluding carboxylic acids is 1. The summed E-state index contributed by atoms with van der Waals surface area (Å²) in [6.07, 6.45) is 1.49. The van der Waals surface area contributed by atoms with E-state index in [1.54, 1.807) is 12.4 Å². The smallest absolute Gasteiger partial charge is 0.225 e. The number of aromatic nitrogens is 1. The minimum absolute atomic E-state index is 0.146. The molecule has 1 saturated carbocycles. The van der Waals surface area contributed by atoms with Crippen molar-refractivity contribution in [2.24, 2.45) is 5.92 Å². The molecule has 2 aliphatic rings. The van der Waals surface area contributed by atoms with Crippen LogP contribution in [-0.4, -0.2) is 50.5 Å². The first-order valence-electron chi connectivity index (χ1n) is 10.6. The van der Waals surface area contributed by atoms with E-state index in [-0.39, 0.29) is 12.3 Å². The molecule has 0 spiro atoms. The molecular weight excluding hydrogens is 424 g/mol. The van der Waals surface area contributed by atoms with Gasteiger partial charge < -0.3 is 25.7 Å². The molecule has 1 aliphatic carbocycles. The van der Waals surface area contributed by atoms with Crippen LogP contribution in [0.1, 0.15) is 12.0 Å². The quantitative estimate of drug-likeness (QED) is 0.451. The molecular formula is C24H24N4O3S. The Bertz CT molecular complexity index is 1150. The molecule has 4 N–H and O–H groups in total. The molecule has 2 aromatic carbocycles. The Morgan fingerprint density at radius 1 is 1.16 bits per heavy atom. The number of rotatable bonds is 4. The first kappa shape index (κ1) is 20.8. The summed E-state index contributed by atoms with van der Waals surface area (Å²) in [4.78, 5) is 19.3. The number of hydrogen-bond acceptors (Lipinski definition) is 5. The average molecular weight is 449 g/mol. The van der Waals surface area contributed by atoms with Crippen molar-refractivity contribution in [1.29, 1.82) is 0 Å². The summed E-state index contributed by atoms with van der Waals surface area (Å²) in [5.41, 5.74) is 1.77. The summed E-state index contributed by atoms with van der Waals surface area (Å²) in [5.74, 6) is -0.756. The zero-order valence-electron chi connectivity index (χ0n) is 17.3. The largest absolute Gasteiger partial charge is 0.390 e. The van der Waals surface area contributed by atoms with Gasteiger partial charge in [-0.25, -0.2) is 0 Å². The van der Waals surface area contributed by atoms with E-state index in [0.29, 0.717) is 11.7 Å². The fourth-order valence-corrected chi connectivity index (χ4v) is 5.22. The lowest BCUT2D eigenvalue weighted by molar-refractivity contribution is -0.131. The Kier molecular flexibility index (Phi) is 5.50. The van der Waals surface area contributed by atoms with Crippen molar-refractivity contribution in [2.45, 2.75) is 37.3 Å². The van der Waals surface area contributed by atoms with Gasteiger partial charge in [0.1, 0.15) is 6.10 Å². The molecule has 1 saturated heterocycles. The highest BCUT2D eigenvalue weighted by Gasteiger charge is 2.54. The molecule has 5 atom stereocenters. The van der Waals surface area contributed by atoms with Crippen LogP contribution < -0.4 is 15.5 Å². The second-order valence-corrected chi connectivity index (χ2v) is 8.70. The number of benzene rings is 2. The van der Waals surface area contributed by atoms with E-state index in [0.717, 1.165) is 22.0 Å². The molecule has 1 amide bonds. The van der Waals surface area contributed by atoms with Crippen molar-refractivity contribution in [3.05, 3.63) is 72.6 Å². The normalized spacial score (nSPS) is 27.1. The lowest BCUT2D eigenvalue weighted by atomic mass is 9.77. The van der Waals surface area contributed by atoms with E-state index in [4.69, 9.17) is 12.2 Å². The summed E-state index contributed by atoms with van der Waals surface area (Å²) >= 11 is 5.65. The van der Waals surface area contributed by atoms with Crippen LogP contribution in [0.5, 0.6) is 0 Å². The summed E-state index contributed by atoms with van der Waals surface area (Å²) in [6.45, 7) is 0.339. The summed E-state index contributed by atoms with van der Waals surface area (Å²) in [7, 11) is 0. The van der Waals surface area contributed by atoms with E-state index in [1.807, 2.05) is 59.5 Å². The third-order valence-electron chi connectivity index (χ3n) is 6.40. The molecule has 0 radical (unpaired) electrons. The van der Waals surface area contributed by atoms with Crippen molar-refractivity contribution in [3.63, 3.8) is 0 Å². The second kappa shape index (κ2) is 8.46. The van der Waals surface area contributed by atoms with E-state index >= 15 is 0 Å². The first-order valence-corrected chi connectivity index (χ1v) is 11.1. The van der Waals surface area contributed by atoms with Gasteiger partial charge in [-0.3, -0.25) is 9.78 Å². The Labute approximate surface area is 191 Å². The zero-order valence-corrected chi connectivity index (χ0v) is 18.1. The van der Waals surface area contributed by atoms with Crippen molar-refractivity contribution in [1.82, 2.24) is 15.6 Å². The van der Waals surface area contributed by atoms with Gasteiger partial charge in [-0.15, -0.1) is 0 Å². The maximum absolute atomic E-state index is 13.3. The number of hydrogen-bond donors (Lipinski definition) is 4. The monoisotopic (exact) mass is 448 g/mol. The number of anilines is 1. The fraction of sp³-hybridized carbons (Fsp3) is 0.292. The SMILES string of the molecule is O=C(NCc1cccnc1)[C@@H]1C[C@@H](O)[C@H](O)[C@@H]2NC(=S)N(c3cccc4ccccc34)[C@H]21. The van der Waals surface area contributed by atoms with E-state index in [9.17, 15) is 15.0 Å². The minimum Gasteiger partial charge on any atom is -0.390 e. The number of nitrogens with one attached hydrogen (secondary N) is 2. The van der Waals surface area contributed by atoms with Crippen LogP contribution >= 0.6 is 12.2 Å². The maximum Gasteiger partial charge on any atom is 0.225 e. The third kappa shape index (κ3) is 3.60. The van der Waals surface area contributed by atoms with Crippen LogP contribution in [0.2, 0.25) is 0 Å². The molecule has 3 aromatic rings. The molecule has 0 unspecified atom stereocenters. The molecule has 8 heteroatoms. The van der Waals surface area contributed by atoms with Gasteiger partial charge in [0.2, 0.25) is 5.91 Å². The van der Waals surface area contributed by atoms with Gasteiger partial charge in [-0.2, -0.15) is 0 Å². The van der Waals surface area contributed by atoms with Gasteiger partial charge >= 0.3 is 0 Å². The number of pyridine rings is 1. The van der Waals surface area contributed by atoms with Gasteiger partial charge in [-0.1, -0.05) is 42.5 Å². The molecule has 2 fully saturated rings. The Hall–Kier alpha value is -3.07. The molecule has 7 nitrogen and oxygen atoms in total. The van der Waals surface area contributed by atoms with Gasteiger partial charge in [0, 0.05) is 24.3 Å². The van der Waals surface area contributed by atoms with Crippen LogP contribution in [0, 0.1) is 5.92 Å². The van der Waals surface area contributed by atoms with Crippen LogP contribution in [0.15, 0.2) is 67.0 Å². The molecule has 164 valence electrons. The van der Waals surface area contributed by atoms with Gasteiger partial charge in [0.05, 0.1) is 29.8 Å². The molecule has 5 rings (SSSR count). The highest BCUT2D eigenvalue weighted by Crippen LogP contribution is 2.39. The predicted octanol–water partition coefficient (Wildman–Crippen LogP) is 1.72. The van der Waals surface area contributed by atoms with Crippen LogP contribution in [0.3, 0.4) is 0 Å². The fourth-order valence-electron chi connectivity index (χ4n) is 4.86. The van der Waals surface area contributed by atoms with E-state index < -0.39 is 30.2 Å². The summed E-state index contributed by atoms with van der Waals surface area (Å²) < 4.78 is 0. The maximum atomic E-state index is 13.3. The first-order chi connectivity index (χ1) is 15.5. The van der Waals surface area contributed by atoms with Crippen molar-refractivity contribution in [2.75, 3.05) is 4.90 Å². The van der Waals surface area contributed by atoms with Gasteiger partial charge in [0.25, 0.3) is 0 Å². The standard InChI is InChI=1S/C24H24N4O3S/c29-19-11-17(23(31)26-13-14-5-4-10-25-12-14)21-20(22(19)30)27-24(32)28(21)18-9-3-7-15-6-1-2-8-16(15)18/h1-10,12,17,19-22,29-30H,11,13H2,(H,26,31)(H,27,32)/t17-,19-,20-,21+,22+/m1/s1. The number of amides is 1. The number of thiocarbonyl (C=S) groups is 1. The Morgan fingerprint density at radius 3 is 2.78 bits per heavy atom. The zero-order chi connectivity index (χ0) is 22.2. The number of fused-ring (bicyclic) bond motifs is 2. The highest BCUT2D eigenvalue weighted by atomic mass is 32.1. The number of aliphatic hydroxyl groups is 2. The van der Waals surface area contributed by atoms with Crippen LogP contribution in [0.25, 0.3) is 10.8 Å². The van der Waals surface area contributed by atoms with Crippen molar-refractivity contribution < 1.29 is 15.0 Å². The molecule has 1 aliphatic heterocycles. The second-order valence-electron chi connectivity index (χ2n) is 8.31. The lowest BCUT2D eigenvalue weighted by Gasteiger charge is -2.41. The Balaban J connectivity index is 1.50. The van der Waals surface area contributed by atoms with Gasteiger partial charge in [0.15, 0.2) is 5.11 Å². The van der Waals surface area contributed by atoms with Crippen molar-refractivity contribution >= 4 is 39.7 Å². The minimum atomic E-state index is -1.03. The van der Waals surface area contributed by atoms with Gasteiger partial charge in [-0.05, 0) is 41.7 Å². The Morgan fingerprint density at radius 2 is 1.97 bits per heavy atom. The topological polar surface area (TPSA) is 97.7 Å². The van der Waals surface area contributed by atoms with E-state index in [1.165, 1.54) is 0 Å². The van der Waals surface area contributed by atoms with E-state index in [2.05, 4.69) is 15.6 Å². The number of aliphatic hydroxyl groups excluding tert-OH is 2. The summed E-state index contributed by atoms with van der Waals surface area (Å²) in [6, 6.07) is 16.7. The molecule has 1 aromatic heterocycles. The number of carbonyl (C=O) groups is 1. The highest BCUT2D eigenvalue weighted by molar-refractivity contribution is 7.80. The van der Waals surface area contributed by atoms with Crippen molar-refractivity contribution in [3.8, 4) is 0 Å². The summed E-state index contributed by atoms with van der Waals surface area (Å²) in [5, 5.41) is 29.9. The predicted molar refractivity (Wildman–Crippen MR) is 126 cm³/mol. The molecule has 2 heterocycles. The lowest BCUT2D eigenvalue weighted by Crippen LogP contribution is -2.60. The third-order valence-corrected chi connectivity index (χ3v) is 6.71. The molecule has 0 bridgehead atoms. The van der Waals surface area contributed by atoms with Crippen LogP contribution in [-0.2, 0) is 11.3 Å². The average Bonchev–Trinajstić information content (AvgIpc) is 3.17. The van der Waals surface area contributed by atoms with Crippen LogP contribution in [0.4, 0.5) is 5.69 Å².